The van der Waals surface area contributed by atoms with Gasteiger partial charge in [0.05, 0.1) is 36.2 Å². The SMILES string of the molecule is O=C1CCN(c2cccc3c2cnn3C2CCN(CCOC3CCNCC3)CC2)C(=O)N1. The molecule has 1 aromatic heterocycles. The van der Waals surface area contributed by atoms with E-state index >= 15 is 0 Å². The lowest BCUT2D eigenvalue weighted by atomic mass is 10.0. The van der Waals surface area contributed by atoms with Gasteiger partial charge in [0, 0.05) is 38.0 Å². The normalized spacial score (nSPS) is 21.9. The highest BCUT2D eigenvalue weighted by atomic mass is 16.5. The first-order chi connectivity index (χ1) is 15.7. The fourth-order valence-electron chi connectivity index (χ4n) is 5.07. The Bertz CT molecular complexity index is 962. The maximum atomic E-state index is 12.3. The Labute approximate surface area is 188 Å². The van der Waals surface area contributed by atoms with Gasteiger partial charge in [0.15, 0.2) is 0 Å². The van der Waals surface area contributed by atoms with Crippen LogP contribution in [-0.4, -0.2) is 78.6 Å². The van der Waals surface area contributed by atoms with Crippen LogP contribution in [-0.2, 0) is 9.53 Å². The average molecular weight is 441 g/mol. The van der Waals surface area contributed by atoms with Gasteiger partial charge in [-0.3, -0.25) is 19.7 Å². The third-order valence-electron chi connectivity index (χ3n) is 6.91. The minimum absolute atomic E-state index is 0.220. The molecule has 0 spiro atoms. The van der Waals surface area contributed by atoms with E-state index in [0.29, 0.717) is 25.1 Å². The summed E-state index contributed by atoms with van der Waals surface area (Å²) >= 11 is 0. The van der Waals surface area contributed by atoms with E-state index in [1.165, 1.54) is 0 Å². The van der Waals surface area contributed by atoms with Crippen molar-refractivity contribution in [2.45, 2.75) is 44.2 Å². The van der Waals surface area contributed by atoms with Gasteiger partial charge in [-0.05, 0) is 50.9 Å². The van der Waals surface area contributed by atoms with Crippen molar-refractivity contribution in [2.24, 2.45) is 0 Å². The van der Waals surface area contributed by atoms with Crippen molar-refractivity contribution < 1.29 is 14.3 Å². The molecule has 0 radical (unpaired) electrons. The van der Waals surface area contributed by atoms with Crippen LogP contribution in [0.1, 0.15) is 38.1 Å². The van der Waals surface area contributed by atoms with Crippen LogP contribution >= 0.6 is 0 Å². The summed E-state index contributed by atoms with van der Waals surface area (Å²) in [6.45, 7) is 6.40. The van der Waals surface area contributed by atoms with E-state index in [1.807, 2.05) is 18.3 Å². The third kappa shape index (κ3) is 4.51. The molecule has 3 saturated heterocycles. The summed E-state index contributed by atoms with van der Waals surface area (Å²) in [5, 5.41) is 11.4. The Morgan fingerprint density at radius 1 is 1.06 bits per heavy atom. The van der Waals surface area contributed by atoms with Gasteiger partial charge < -0.3 is 15.0 Å². The predicted octanol–water partition coefficient (Wildman–Crippen LogP) is 1.89. The Morgan fingerprint density at radius 3 is 2.66 bits per heavy atom. The van der Waals surface area contributed by atoms with Crippen molar-refractivity contribution in [1.29, 1.82) is 0 Å². The molecular weight excluding hydrogens is 408 g/mol. The first-order valence-electron chi connectivity index (χ1n) is 11.8. The molecule has 3 amide bonds. The molecule has 9 heteroatoms. The summed E-state index contributed by atoms with van der Waals surface area (Å²) in [6.07, 6.45) is 6.92. The van der Waals surface area contributed by atoms with Crippen LogP contribution in [0.15, 0.2) is 24.4 Å². The van der Waals surface area contributed by atoms with Crippen molar-refractivity contribution in [1.82, 2.24) is 25.3 Å². The van der Waals surface area contributed by atoms with E-state index in [-0.39, 0.29) is 11.9 Å². The molecule has 172 valence electrons. The van der Waals surface area contributed by atoms with Gasteiger partial charge in [-0.15, -0.1) is 0 Å². The largest absolute Gasteiger partial charge is 0.377 e. The van der Waals surface area contributed by atoms with E-state index in [0.717, 1.165) is 81.6 Å². The van der Waals surface area contributed by atoms with Gasteiger partial charge in [-0.25, -0.2) is 4.79 Å². The van der Waals surface area contributed by atoms with Gasteiger partial charge in [0.1, 0.15) is 0 Å². The summed E-state index contributed by atoms with van der Waals surface area (Å²) < 4.78 is 8.19. The monoisotopic (exact) mass is 440 g/mol. The molecular formula is C23H32N6O3. The number of ether oxygens (including phenoxy) is 1. The van der Waals surface area contributed by atoms with Gasteiger partial charge in [-0.1, -0.05) is 6.07 Å². The number of likely N-dealkylation sites (tertiary alicyclic amines) is 1. The van der Waals surface area contributed by atoms with Crippen molar-refractivity contribution in [3.63, 3.8) is 0 Å². The van der Waals surface area contributed by atoms with Gasteiger partial charge in [0.2, 0.25) is 5.91 Å². The number of carbonyl (C=O) groups excluding carboxylic acids is 2. The van der Waals surface area contributed by atoms with Crippen LogP contribution in [0.2, 0.25) is 0 Å². The van der Waals surface area contributed by atoms with E-state index in [2.05, 4.69) is 26.3 Å². The Hall–Kier alpha value is -2.49. The third-order valence-corrected chi connectivity index (χ3v) is 6.91. The lowest BCUT2D eigenvalue weighted by Crippen LogP contribution is -2.49. The number of aromatic nitrogens is 2. The van der Waals surface area contributed by atoms with Crippen molar-refractivity contribution >= 4 is 28.5 Å². The molecule has 2 aromatic rings. The first kappa shape index (κ1) is 21.4. The number of nitrogens with zero attached hydrogens (tertiary/aromatic N) is 4. The second-order valence-corrected chi connectivity index (χ2v) is 8.95. The van der Waals surface area contributed by atoms with E-state index in [9.17, 15) is 9.59 Å². The number of fused-ring (bicyclic) bond motifs is 1. The molecule has 3 aliphatic rings. The van der Waals surface area contributed by atoms with Crippen molar-refractivity contribution in [3.8, 4) is 0 Å². The average Bonchev–Trinajstić information content (AvgIpc) is 3.25. The Kier molecular flexibility index (Phi) is 6.38. The highest BCUT2D eigenvalue weighted by molar-refractivity contribution is 6.09. The molecule has 2 N–H and O–H groups in total. The molecule has 4 heterocycles. The molecule has 0 atom stereocenters. The summed E-state index contributed by atoms with van der Waals surface area (Å²) in [4.78, 5) is 28.0. The maximum absolute atomic E-state index is 12.3. The number of carbonyl (C=O) groups is 2. The number of nitrogens with one attached hydrogen (secondary N) is 2. The molecule has 0 bridgehead atoms. The molecule has 0 unspecified atom stereocenters. The number of rotatable bonds is 6. The van der Waals surface area contributed by atoms with Crippen LogP contribution in [0.4, 0.5) is 10.5 Å². The highest BCUT2D eigenvalue weighted by Crippen LogP contribution is 2.32. The standard InChI is InChI=1S/C23H32N6O3/c30-22-8-13-28(23(31)26-22)20-2-1-3-21-19(20)16-25-29(21)17-6-11-27(12-7-17)14-15-32-18-4-9-24-10-5-18/h1-3,16-18,24H,4-15H2,(H,26,30,31). The summed E-state index contributed by atoms with van der Waals surface area (Å²) in [5.74, 6) is -0.220. The quantitative estimate of drug-likeness (QED) is 0.713. The Morgan fingerprint density at radius 2 is 1.88 bits per heavy atom. The van der Waals surface area contributed by atoms with Gasteiger partial charge in [0.25, 0.3) is 0 Å². The van der Waals surface area contributed by atoms with Crippen LogP contribution in [0, 0.1) is 0 Å². The second kappa shape index (κ2) is 9.56. The summed E-state index contributed by atoms with van der Waals surface area (Å²) in [5.41, 5.74) is 1.85. The zero-order valence-corrected chi connectivity index (χ0v) is 18.5. The van der Waals surface area contributed by atoms with Crippen LogP contribution in [0.25, 0.3) is 10.9 Å². The number of urea groups is 1. The van der Waals surface area contributed by atoms with Crippen LogP contribution in [0.3, 0.4) is 0 Å². The zero-order valence-electron chi connectivity index (χ0n) is 18.5. The first-order valence-corrected chi connectivity index (χ1v) is 11.8. The molecule has 3 aliphatic heterocycles. The van der Waals surface area contributed by atoms with Crippen molar-refractivity contribution in [3.05, 3.63) is 24.4 Å². The smallest absolute Gasteiger partial charge is 0.328 e. The molecule has 0 aliphatic carbocycles. The van der Waals surface area contributed by atoms with E-state index < -0.39 is 0 Å². The van der Waals surface area contributed by atoms with E-state index in [1.54, 1.807) is 4.90 Å². The molecule has 5 rings (SSSR count). The summed E-state index contributed by atoms with van der Waals surface area (Å²) in [6, 6.07) is 5.95. The predicted molar refractivity (Wildman–Crippen MR) is 122 cm³/mol. The van der Waals surface area contributed by atoms with Crippen LogP contribution < -0.4 is 15.5 Å². The maximum Gasteiger partial charge on any atom is 0.328 e. The fraction of sp³-hybridized carbons (Fsp3) is 0.609. The zero-order chi connectivity index (χ0) is 21.9. The molecule has 32 heavy (non-hydrogen) atoms. The van der Waals surface area contributed by atoms with E-state index in [4.69, 9.17) is 9.84 Å². The number of hydrogen-bond donors (Lipinski definition) is 2. The van der Waals surface area contributed by atoms with Gasteiger partial charge >= 0.3 is 6.03 Å². The summed E-state index contributed by atoms with van der Waals surface area (Å²) in [7, 11) is 0. The number of benzene rings is 1. The lowest BCUT2D eigenvalue weighted by Gasteiger charge is -2.33. The minimum atomic E-state index is -0.360. The lowest BCUT2D eigenvalue weighted by molar-refractivity contribution is -0.120. The minimum Gasteiger partial charge on any atom is -0.377 e. The molecule has 0 saturated carbocycles. The van der Waals surface area contributed by atoms with Crippen LogP contribution in [0.5, 0.6) is 0 Å². The number of piperidine rings is 2. The number of imide groups is 1. The van der Waals surface area contributed by atoms with Gasteiger partial charge in [-0.2, -0.15) is 5.10 Å². The highest BCUT2D eigenvalue weighted by Gasteiger charge is 2.27. The molecule has 3 fully saturated rings. The topological polar surface area (TPSA) is 91.7 Å². The number of amides is 3. The van der Waals surface area contributed by atoms with Crippen molar-refractivity contribution in [2.75, 3.05) is 50.8 Å². The number of hydrogen-bond acceptors (Lipinski definition) is 6. The second-order valence-electron chi connectivity index (χ2n) is 8.95. The Balaban J connectivity index is 1.20. The number of anilines is 1. The molecule has 1 aromatic carbocycles. The fourth-order valence-corrected chi connectivity index (χ4v) is 5.07. The molecule has 9 nitrogen and oxygen atoms in total.